The van der Waals surface area contributed by atoms with Gasteiger partial charge in [-0.25, -0.2) is 13.8 Å². The standard InChI is InChI=1S/C74H72F2N4O.Pt/c1-44(2)48-30-49(45(3)4)32-50(31-48)64-37-54(74(12,13)14)38-65(51-33-55(75)40-56(76)34-51)72(64)79-43-78(67-24-17-18-25-68(67)79)57-35-52(71-60(46(5)6)21-19-22-61(71)47(7)8)36-59(41-57)81-58-26-27-63-62-20-15-16-23-66(62)80(69(63)42-58)70-39-53(28-29-77-70)73(9,10)11;/h15-40,44-47H,1-14H3;/q;+2. The van der Waals surface area contributed by atoms with E-state index in [4.69, 9.17) is 9.72 Å². The summed E-state index contributed by atoms with van der Waals surface area (Å²) in [5.41, 5.74) is 16.9. The van der Waals surface area contributed by atoms with Crippen LogP contribution >= 0.6 is 0 Å². The third-order valence-electron chi connectivity index (χ3n) is 15.9. The second-order valence-corrected chi connectivity index (χ2v) is 25.2. The van der Waals surface area contributed by atoms with Gasteiger partial charge < -0.3 is 9.30 Å². The van der Waals surface area contributed by atoms with Crippen molar-refractivity contribution in [3.05, 3.63) is 215 Å². The van der Waals surface area contributed by atoms with Crippen LogP contribution in [0.2, 0.25) is 0 Å². The maximum Gasteiger partial charge on any atom is 2.00 e. The van der Waals surface area contributed by atoms with Gasteiger partial charge in [-0.05, 0) is 137 Å². The number of benzene rings is 8. The van der Waals surface area contributed by atoms with Crippen molar-refractivity contribution in [1.29, 1.82) is 0 Å². The molecule has 0 fully saturated rings. The van der Waals surface area contributed by atoms with Crippen LogP contribution in [0.15, 0.2) is 158 Å². The number of nitrogens with zero attached hydrogens (tertiary/aromatic N) is 4. The molecule has 0 saturated heterocycles. The smallest absolute Gasteiger partial charge is 0.509 e. The average Bonchev–Trinajstić information content (AvgIpc) is 4.04. The van der Waals surface area contributed by atoms with E-state index >= 15 is 8.78 Å². The number of rotatable bonds is 12. The summed E-state index contributed by atoms with van der Waals surface area (Å²) in [6, 6.07) is 62.4. The van der Waals surface area contributed by atoms with Crippen LogP contribution in [0.25, 0.3) is 61.0 Å². The van der Waals surface area contributed by atoms with Gasteiger partial charge in [0.2, 0.25) is 5.69 Å². The zero-order chi connectivity index (χ0) is 57.4. The molecule has 10 aromatic rings. The van der Waals surface area contributed by atoms with Crippen LogP contribution in [0.4, 0.5) is 31.5 Å². The van der Waals surface area contributed by atoms with E-state index in [1.165, 1.54) is 39.9 Å². The number of halogens is 2. The minimum Gasteiger partial charge on any atom is -0.509 e. The molecule has 0 unspecified atom stereocenters. The van der Waals surface area contributed by atoms with Crippen molar-refractivity contribution in [3.8, 4) is 50.7 Å². The molecule has 0 aliphatic carbocycles. The van der Waals surface area contributed by atoms with E-state index in [2.05, 4.69) is 244 Å². The summed E-state index contributed by atoms with van der Waals surface area (Å²) >= 11 is 0. The number of para-hydroxylation sites is 3. The minimum atomic E-state index is -0.648. The van der Waals surface area contributed by atoms with Crippen LogP contribution in [-0.4, -0.2) is 15.6 Å². The molecule has 0 radical (unpaired) electrons. The summed E-state index contributed by atoms with van der Waals surface area (Å²) in [5.74, 6) is 1.46. The average molecular weight is 1270 g/mol. The Morgan fingerprint density at radius 2 is 1.11 bits per heavy atom. The van der Waals surface area contributed by atoms with Gasteiger partial charge >= 0.3 is 27.1 Å². The largest absolute Gasteiger partial charge is 2.00 e. The molecule has 0 spiro atoms. The number of pyridine rings is 1. The first-order valence-corrected chi connectivity index (χ1v) is 28.6. The Balaban J connectivity index is 0.00000753. The monoisotopic (exact) mass is 1270 g/mol. The fraction of sp³-hybridized carbons (Fsp3) is 0.270. The summed E-state index contributed by atoms with van der Waals surface area (Å²) in [7, 11) is 0. The summed E-state index contributed by atoms with van der Waals surface area (Å²) in [6.45, 7) is 31.1. The van der Waals surface area contributed by atoms with Crippen LogP contribution in [0.5, 0.6) is 11.5 Å². The molecule has 0 amide bonds. The maximum atomic E-state index is 15.7. The molecule has 8 aromatic carbocycles. The van der Waals surface area contributed by atoms with Gasteiger partial charge in [-0.2, -0.15) is 6.07 Å². The third kappa shape index (κ3) is 11.0. The molecular formula is C74H72F2N4OPt+2. The molecule has 0 bridgehead atoms. The van der Waals surface area contributed by atoms with E-state index in [0.29, 0.717) is 28.3 Å². The molecule has 1 aliphatic heterocycles. The van der Waals surface area contributed by atoms with Gasteiger partial charge in [0.1, 0.15) is 23.1 Å². The number of fused-ring (bicyclic) bond motifs is 4. The first-order valence-electron chi connectivity index (χ1n) is 28.6. The van der Waals surface area contributed by atoms with Gasteiger partial charge in [0.05, 0.1) is 11.1 Å². The molecule has 11 rings (SSSR count). The normalized spacial score (nSPS) is 12.7. The van der Waals surface area contributed by atoms with Crippen molar-refractivity contribution < 1.29 is 34.6 Å². The fourth-order valence-electron chi connectivity index (χ4n) is 11.4. The van der Waals surface area contributed by atoms with Crippen LogP contribution < -0.4 is 13.9 Å². The van der Waals surface area contributed by atoms with Gasteiger partial charge in [-0.15, -0.1) is 29.1 Å². The first-order chi connectivity index (χ1) is 38.5. The summed E-state index contributed by atoms with van der Waals surface area (Å²) in [5, 5.41) is 2.13. The number of hydrogen-bond acceptors (Lipinski definition) is 2. The molecule has 3 heterocycles. The van der Waals surface area contributed by atoms with Crippen molar-refractivity contribution in [2.45, 2.75) is 131 Å². The van der Waals surface area contributed by atoms with Crippen LogP contribution in [-0.2, 0) is 31.9 Å². The Morgan fingerprint density at radius 3 is 1.71 bits per heavy atom. The molecule has 1 aliphatic rings. The molecular weight excluding hydrogens is 1190 g/mol. The van der Waals surface area contributed by atoms with E-state index in [1.54, 1.807) is 0 Å². The van der Waals surface area contributed by atoms with Crippen LogP contribution in [0.1, 0.15) is 154 Å². The topological polar surface area (TPSA) is 33.1 Å². The molecule has 0 atom stereocenters. The summed E-state index contributed by atoms with van der Waals surface area (Å²) in [4.78, 5) is 4.94. The molecule has 8 heteroatoms. The van der Waals surface area contributed by atoms with E-state index in [-0.39, 0.29) is 55.6 Å². The van der Waals surface area contributed by atoms with E-state index in [9.17, 15) is 0 Å². The summed E-state index contributed by atoms with van der Waals surface area (Å²) in [6.07, 6.45) is 1.89. The Morgan fingerprint density at radius 1 is 0.524 bits per heavy atom. The van der Waals surface area contributed by atoms with Gasteiger partial charge in [0, 0.05) is 41.4 Å². The quantitative estimate of drug-likeness (QED) is 0.0902. The number of hydrogen-bond donors (Lipinski definition) is 0. The fourth-order valence-corrected chi connectivity index (χ4v) is 11.4. The third-order valence-corrected chi connectivity index (χ3v) is 15.9. The molecule has 5 nitrogen and oxygen atoms in total. The molecule has 0 N–H and O–H groups in total. The zero-order valence-electron chi connectivity index (χ0n) is 49.6. The predicted octanol–water partition coefficient (Wildman–Crippen LogP) is 20.8. The van der Waals surface area contributed by atoms with E-state index < -0.39 is 11.6 Å². The van der Waals surface area contributed by atoms with Crippen LogP contribution in [0.3, 0.4) is 0 Å². The zero-order valence-corrected chi connectivity index (χ0v) is 51.9. The Kier molecular flexibility index (Phi) is 15.7. The Bertz CT molecular complexity index is 4130. The molecule has 2 aromatic heterocycles. The summed E-state index contributed by atoms with van der Waals surface area (Å²) < 4.78 is 44.8. The van der Waals surface area contributed by atoms with Crippen molar-refractivity contribution in [1.82, 2.24) is 18.7 Å². The number of ether oxygens (including phenoxy) is 1. The SMILES string of the molecule is CC(C)c1cc(-c2cc(C(C)(C)C)cc(-c3cc(F)cc(F)c3)c2[N+]2=C=[N+](c3[c-]c(Oc4[c-]c5c(cc4)c4ccccc4n5-c4cc(C(C)(C)C)ccn4)cc(-c4c(C(C)C)cccc4C(C)C)c3)c3ccccc32)cc(C(C)C)c1.[Pt+2]. The first kappa shape index (κ1) is 57.7. The number of aromatic nitrogens is 2. The Labute approximate surface area is 498 Å². The van der Waals surface area contributed by atoms with Crippen molar-refractivity contribution in [2.24, 2.45) is 0 Å². The van der Waals surface area contributed by atoms with Gasteiger partial charge in [0.25, 0.3) is 11.4 Å². The van der Waals surface area contributed by atoms with Gasteiger partial charge in [-0.3, -0.25) is 0 Å². The Hall–Kier alpha value is -7.56. The second-order valence-electron chi connectivity index (χ2n) is 25.2. The second kappa shape index (κ2) is 22.3. The van der Waals surface area contributed by atoms with Crippen LogP contribution in [0, 0.1) is 23.8 Å². The maximum absolute atomic E-state index is 15.7. The van der Waals surface area contributed by atoms with Crippen molar-refractivity contribution >= 4 is 50.6 Å². The van der Waals surface area contributed by atoms with Gasteiger partial charge in [0.15, 0.2) is 0 Å². The minimum absolute atomic E-state index is 0. The molecule has 0 saturated carbocycles. The molecule has 82 heavy (non-hydrogen) atoms. The van der Waals surface area contributed by atoms with Gasteiger partial charge in [-0.1, -0.05) is 186 Å². The van der Waals surface area contributed by atoms with Crippen molar-refractivity contribution in [3.63, 3.8) is 0 Å². The van der Waals surface area contributed by atoms with E-state index in [0.717, 1.165) is 78.6 Å². The van der Waals surface area contributed by atoms with Crippen molar-refractivity contribution in [2.75, 3.05) is 0 Å². The molecule has 416 valence electrons. The van der Waals surface area contributed by atoms with E-state index in [1.807, 2.05) is 24.4 Å². The predicted molar refractivity (Wildman–Crippen MR) is 334 cm³/mol.